The third-order valence-electron chi connectivity index (χ3n) is 2.74. The fourth-order valence-electron chi connectivity index (χ4n) is 1.57. The smallest absolute Gasteiger partial charge is 0.404 e. The lowest BCUT2D eigenvalue weighted by molar-refractivity contribution is 0.150. The summed E-state index contributed by atoms with van der Waals surface area (Å²) in [5.41, 5.74) is 6.34. The van der Waals surface area contributed by atoms with Crippen LogP contribution in [0.25, 0.3) is 0 Å². The summed E-state index contributed by atoms with van der Waals surface area (Å²) in [6, 6.07) is 11.9. The van der Waals surface area contributed by atoms with Gasteiger partial charge in [-0.1, -0.05) is 53.0 Å². The van der Waals surface area contributed by atoms with E-state index < -0.39 is 12.2 Å². The van der Waals surface area contributed by atoms with Crippen molar-refractivity contribution in [2.75, 3.05) is 0 Å². The summed E-state index contributed by atoms with van der Waals surface area (Å²) < 4.78 is 4.56. The fourth-order valence-corrected chi connectivity index (χ4v) is 2.17. The number of nitrogens with one attached hydrogen (secondary N) is 1. The van der Waals surface area contributed by atoms with Crippen molar-refractivity contribution >= 4 is 47.0 Å². The number of carbonyl (C=O) groups is 2. The Hall–Kier alpha value is -2.15. The van der Waals surface area contributed by atoms with Gasteiger partial charge in [0, 0.05) is 21.6 Å². The van der Waals surface area contributed by atoms with Gasteiger partial charge in [0.05, 0.1) is 0 Å². The molecule has 0 spiro atoms. The van der Waals surface area contributed by atoms with Crippen LogP contribution in [0.3, 0.4) is 0 Å². The third kappa shape index (κ3) is 9.05. The van der Waals surface area contributed by atoms with Crippen molar-refractivity contribution < 1.29 is 19.4 Å². The molecule has 25 heavy (non-hydrogen) atoms. The zero-order valence-electron chi connectivity index (χ0n) is 12.8. The van der Waals surface area contributed by atoms with Gasteiger partial charge in [0.15, 0.2) is 0 Å². The van der Waals surface area contributed by atoms with Crippen LogP contribution in [0.2, 0.25) is 15.1 Å². The van der Waals surface area contributed by atoms with Crippen LogP contribution in [0.4, 0.5) is 9.59 Å². The molecule has 0 atom stereocenters. The summed E-state index contributed by atoms with van der Waals surface area (Å²) in [5, 5.41) is 12.2. The number of ether oxygens (including phenoxy) is 1. The average Bonchev–Trinajstić information content (AvgIpc) is 2.54. The minimum Gasteiger partial charge on any atom is -0.465 e. The molecule has 0 bridgehead atoms. The van der Waals surface area contributed by atoms with E-state index in [9.17, 15) is 9.59 Å². The predicted molar refractivity (Wildman–Crippen MR) is 97.2 cm³/mol. The zero-order valence-corrected chi connectivity index (χ0v) is 15.1. The van der Waals surface area contributed by atoms with Crippen molar-refractivity contribution in [3.05, 3.63) is 68.7 Å². The highest BCUT2D eigenvalue weighted by Crippen LogP contribution is 2.20. The lowest BCUT2D eigenvalue weighted by atomic mass is 10.2. The van der Waals surface area contributed by atoms with Crippen LogP contribution in [0.1, 0.15) is 11.1 Å². The molecule has 0 aliphatic rings. The molecule has 0 radical (unpaired) electrons. The third-order valence-corrected chi connectivity index (χ3v) is 3.58. The molecule has 0 aromatic heterocycles. The molecule has 0 unspecified atom stereocenters. The highest BCUT2D eigenvalue weighted by atomic mass is 35.5. The highest BCUT2D eigenvalue weighted by Gasteiger charge is 2.02. The molecule has 2 aromatic rings. The van der Waals surface area contributed by atoms with Crippen LogP contribution < -0.4 is 11.1 Å². The van der Waals surface area contributed by atoms with Crippen LogP contribution in [0, 0.1) is 0 Å². The molecule has 0 saturated heterocycles. The number of nitrogens with two attached hydrogens (primary N) is 1. The number of halogens is 3. The van der Waals surface area contributed by atoms with E-state index in [0.29, 0.717) is 20.6 Å². The number of benzene rings is 2. The molecule has 0 aliphatic heterocycles. The van der Waals surface area contributed by atoms with E-state index in [4.69, 9.17) is 45.6 Å². The molecular weight excluding hydrogens is 391 g/mol. The summed E-state index contributed by atoms with van der Waals surface area (Å²) in [6.07, 6.45) is -1.85. The Morgan fingerprint density at radius 1 is 1.04 bits per heavy atom. The summed E-state index contributed by atoms with van der Waals surface area (Å²) in [6.45, 7) is 0.373. The number of carboxylic acid groups (broad SMARTS) is 1. The normalized spacial score (nSPS) is 9.56. The van der Waals surface area contributed by atoms with E-state index in [1.165, 1.54) is 0 Å². The van der Waals surface area contributed by atoms with Crippen LogP contribution in [0.5, 0.6) is 0 Å². The molecule has 0 heterocycles. The maximum Gasteiger partial charge on any atom is 0.404 e. The molecule has 134 valence electrons. The zero-order chi connectivity index (χ0) is 18.8. The first-order valence-corrected chi connectivity index (χ1v) is 7.98. The molecule has 4 N–H and O–H groups in total. The topological polar surface area (TPSA) is 102 Å². The van der Waals surface area contributed by atoms with Crippen molar-refractivity contribution in [2.24, 2.45) is 5.73 Å². The summed E-state index contributed by atoms with van der Waals surface area (Å²) in [4.78, 5) is 20.4. The highest BCUT2D eigenvalue weighted by molar-refractivity contribution is 6.35. The molecule has 0 fully saturated rings. The van der Waals surface area contributed by atoms with Gasteiger partial charge in [0.2, 0.25) is 0 Å². The molecular formula is C16H15Cl3N2O4. The monoisotopic (exact) mass is 404 g/mol. The van der Waals surface area contributed by atoms with Crippen LogP contribution in [0.15, 0.2) is 42.5 Å². The van der Waals surface area contributed by atoms with Crippen molar-refractivity contribution in [3.63, 3.8) is 0 Å². The predicted octanol–water partition coefficient (Wildman–Crippen LogP) is 4.70. The van der Waals surface area contributed by atoms with Crippen molar-refractivity contribution in [1.29, 1.82) is 0 Å². The Kier molecular flexibility index (Phi) is 8.91. The Labute approximate surface area is 159 Å². The minimum atomic E-state index is -1.08. The summed E-state index contributed by atoms with van der Waals surface area (Å²) >= 11 is 17.1. The molecule has 6 nitrogen and oxygen atoms in total. The first kappa shape index (κ1) is 20.9. The SMILES string of the molecule is NC(=O)OCc1ccc(Cl)cc1.O=C(O)NCc1ccc(Cl)cc1Cl. The first-order chi connectivity index (χ1) is 11.8. The van der Waals surface area contributed by atoms with E-state index in [2.05, 4.69) is 10.1 Å². The van der Waals surface area contributed by atoms with E-state index >= 15 is 0 Å². The Balaban J connectivity index is 0.000000251. The Morgan fingerprint density at radius 3 is 2.16 bits per heavy atom. The number of hydrogen-bond donors (Lipinski definition) is 3. The van der Waals surface area contributed by atoms with Crippen molar-refractivity contribution in [3.8, 4) is 0 Å². The Morgan fingerprint density at radius 2 is 1.64 bits per heavy atom. The molecule has 9 heteroatoms. The van der Waals surface area contributed by atoms with Gasteiger partial charge >= 0.3 is 12.2 Å². The molecule has 2 aromatic carbocycles. The van der Waals surface area contributed by atoms with Gasteiger partial charge in [-0.15, -0.1) is 0 Å². The van der Waals surface area contributed by atoms with Crippen LogP contribution in [-0.4, -0.2) is 17.3 Å². The van der Waals surface area contributed by atoms with Crippen molar-refractivity contribution in [1.82, 2.24) is 5.32 Å². The lowest BCUT2D eigenvalue weighted by Crippen LogP contribution is -2.20. The standard InChI is InChI=1S/C8H7Cl2NO2.C8H8ClNO2/c9-6-2-1-5(7(10)3-6)4-11-8(12)13;9-7-3-1-6(2-4-7)5-12-8(10)11/h1-3,11H,4H2,(H,12,13);1-4H,5H2,(H2,10,11). The van der Waals surface area contributed by atoms with Gasteiger partial charge < -0.3 is 20.9 Å². The second-order valence-electron chi connectivity index (χ2n) is 4.63. The van der Waals surface area contributed by atoms with Gasteiger partial charge in [-0.05, 0) is 35.4 Å². The number of primary amides is 1. The second kappa shape index (κ2) is 10.7. The lowest BCUT2D eigenvalue weighted by Gasteiger charge is -2.03. The maximum absolute atomic E-state index is 10.2. The fraction of sp³-hybridized carbons (Fsp3) is 0.125. The van der Waals surface area contributed by atoms with Gasteiger partial charge in [0.1, 0.15) is 6.61 Å². The number of amides is 2. The van der Waals surface area contributed by atoms with E-state index in [0.717, 1.165) is 5.56 Å². The minimum absolute atomic E-state index is 0.186. The maximum atomic E-state index is 10.2. The summed E-state index contributed by atoms with van der Waals surface area (Å²) in [5.74, 6) is 0. The van der Waals surface area contributed by atoms with Gasteiger partial charge in [-0.25, -0.2) is 9.59 Å². The molecule has 2 rings (SSSR count). The van der Waals surface area contributed by atoms with Crippen LogP contribution in [-0.2, 0) is 17.9 Å². The Bertz CT molecular complexity index is 724. The summed E-state index contributed by atoms with van der Waals surface area (Å²) in [7, 11) is 0. The molecule has 0 aliphatic carbocycles. The molecule has 2 amide bonds. The van der Waals surface area contributed by atoms with Gasteiger partial charge in [0.25, 0.3) is 0 Å². The second-order valence-corrected chi connectivity index (χ2v) is 5.91. The first-order valence-electron chi connectivity index (χ1n) is 6.85. The quantitative estimate of drug-likeness (QED) is 0.686. The number of rotatable bonds is 4. The number of carbonyl (C=O) groups excluding carboxylic acids is 1. The largest absolute Gasteiger partial charge is 0.465 e. The molecule has 0 saturated carbocycles. The van der Waals surface area contributed by atoms with E-state index in [1.54, 1.807) is 42.5 Å². The van der Waals surface area contributed by atoms with E-state index in [1.807, 2.05) is 0 Å². The van der Waals surface area contributed by atoms with Gasteiger partial charge in [-0.2, -0.15) is 0 Å². The van der Waals surface area contributed by atoms with Crippen LogP contribution >= 0.6 is 34.8 Å². The van der Waals surface area contributed by atoms with Crippen molar-refractivity contribution in [2.45, 2.75) is 13.2 Å². The number of hydrogen-bond acceptors (Lipinski definition) is 3. The average molecular weight is 406 g/mol. The van der Waals surface area contributed by atoms with Gasteiger partial charge in [-0.3, -0.25) is 0 Å². The van der Waals surface area contributed by atoms with E-state index in [-0.39, 0.29) is 13.2 Å².